The number of carbonyl (C=O) groups excluding carboxylic acids is 1. The molecular formula is C12H23Cl2N3OS. The number of rotatable bonds is 7. The van der Waals surface area contributed by atoms with Crippen molar-refractivity contribution in [3.8, 4) is 0 Å². The molecule has 0 spiro atoms. The maximum Gasteiger partial charge on any atom is 0.270 e. The Hall–Kier alpha value is -0.360. The first-order chi connectivity index (χ1) is 8.13. The van der Waals surface area contributed by atoms with Crippen molar-refractivity contribution in [3.63, 3.8) is 0 Å². The topological polar surface area (TPSA) is 54.0 Å². The molecule has 4 nitrogen and oxygen atoms in total. The van der Waals surface area contributed by atoms with Gasteiger partial charge in [-0.25, -0.2) is 4.98 Å². The van der Waals surface area contributed by atoms with E-state index in [0.717, 1.165) is 24.4 Å². The SMILES string of the molecule is CNCCCNC(=O)c1csc(CC(C)C)n1.Cl.Cl. The Bertz CT molecular complexity index is 358. The number of nitrogens with zero attached hydrogens (tertiary/aromatic N) is 1. The molecule has 19 heavy (non-hydrogen) atoms. The van der Waals surface area contributed by atoms with Gasteiger partial charge in [0.15, 0.2) is 0 Å². The van der Waals surface area contributed by atoms with Crippen molar-refractivity contribution in [2.45, 2.75) is 26.7 Å². The van der Waals surface area contributed by atoms with Crippen molar-refractivity contribution in [1.82, 2.24) is 15.6 Å². The summed E-state index contributed by atoms with van der Waals surface area (Å²) in [6.07, 6.45) is 1.88. The lowest BCUT2D eigenvalue weighted by molar-refractivity contribution is 0.0949. The van der Waals surface area contributed by atoms with Gasteiger partial charge in [0, 0.05) is 18.3 Å². The molecule has 0 saturated heterocycles. The summed E-state index contributed by atoms with van der Waals surface area (Å²) < 4.78 is 0. The second kappa shape index (κ2) is 11.5. The van der Waals surface area contributed by atoms with Crippen LogP contribution in [0.3, 0.4) is 0 Å². The Balaban J connectivity index is 0. The molecule has 112 valence electrons. The average Bonchev–Trinajstić information content (AvgIpc) is 2.71. The fraction of sp³-hybridized carbons (Fsp3) is 0.667. The number of halogens is 2. The number of hydrogen-bond acceptors (Lipinski definition) is 4. The van der Waals surface area contributed by atoms with Gasteiger partial charge in [0.1, 0.15) is 5.69 Å². The monoisotopic (exact) mass is 327 g/mol. The molecule has 1 heterocycles. The van der Waals surface area contributed by atoms with Crippen LogP contribution in [0.15, 0.2) is 5.38 Å². The largest absolute Gasteiger partial charge is 0.351 e. The molecule has 0 aliphatic carbocycles. The third-order valence-electron chi connectivity index (χ3n) is 2.26. The molecule has 0 bridgehead atoms. The van der Waals surface area contributed by atoms with Gasteiger partial charge < -0.3 is 10.6 Å². The molecule has 2 N–H and O–H groups in total. The van der Waals surface area contributed by atoms with Crippen molar-refractivity contribution in [2.75, 3.05) is 20.1 Å². The van der Waals surface area contributed by atoms with Gasteiger partial charge in [0.25, 0.3) is 5.91 Å². The van der Waals surface area contributed by atoms with E-state index in [2.05, 4.69) is 29.5 Å². The highest BCUT2D eigenvalue weighted by atomic mass is 35.5. The van der Waals surface area contributed by atoms with Crippen LogP contribution >= 0.6 is 36.2 Å². The van der Waals surface area contributed by atoms with Crippen molar-refractivity contribution < 1.29 is 4.79 Å². The number of thiazole rings is 1. The Kier molecular flexibility index (Phi) is 12.6. The highest BCUT2D eigenvalue weighted by Gasteiger charge is 2.10. The summed E-state index contributed by atoms with van der Waals surface area (Å²) in [4.78, 5) is 16.1. The lowest BCUT2D eigenvalue weighted by Gasteiger charge is -2.02. The van der Waals surface area contributed by atoms with Gasteiger partial charge >= 0.3 is 0 Å². The van der Waals surface area contributed by atoms with Crippen LogP contribution in [0.4, 0.5) is 0 Å². The molecule has 0 saturated carbocycles. The van der Waals surface area contributed by atoms with Crippen LogP contribution in [0.5, 0.6) is 0 Å². The van der Waals surface area contributed by atoms with Gasteiger partial charge in [-0.2, -0.15) is 0 Å². The van der Waals surface area contributed by atoms with E-state index >= 15 is 0 Å². The van der Waals surface area contributed by atoms with Crippen LogP contribution in [-0.2, 0) is 6.42 Å². The standard InChI is InChI=1S/C12H21N3OS.2ClH/c1-9(2)7-11-15-10(8-17-11)12(16)14-6-4-5-13-3;;/h8-9,13H,4-7H2,1-3H3,(H,14,16);2*1H. The maximum atomic E-state index is 11.7. The van der Waals surface area contributed by atoms with E-state index in [4.69, 9.17) is 0 Å². The van der Waals surface area contributed by atoms with E-state index in [1.54, 1.807) is 11.3 Å². The van der Waals surface area contributed by atoms with Crippen LogP contribution in [0, 0.1) is 5.92 Å². The molecule has 0 fully saturated rings. The van der Waals surface area contributed by atoms with Crippen molar-refractivity contribution in [2.24, 2.45) is 5.92 Å². The first kappa shape index (κ1) is 20.9. The normalized spacial score (nSPS) is 9.68. The quantitative estimate of drug-likeness (QED) is 0.756. The average molecular weight is 328 g/mol. The van der Waals surface area contributed by atoms with Gasteiger partial charge in [-0.3, -0.25) is 4.79 Å². The molecule has 0 radical (unpaired) electrons. The van der Waals surface area contributed by atoms with E-state index in [-0.39, 0.29) is 30.7 Å². The molecule has 1 amide bonds. The fourth-order valence-electron chi connectivity index (χ4n) is 1.42. The summed E-state index contributed by atoms with van der Waals surface area (Å²) in [5.41, 5.74) is 0.551. The molecular weight excluding hydrogens is 305 g/mol. The molecule has 0 unspecified atom stereocenters. The zero-order chi connectivity index (χ0) is 12.7. The van der Waals surface area contributed by atoms with E-state index in [1.807, 2.05) is 12.4 Å². The summed E-state index contributed by atoms with van der Waals surface area (Å²) in [7, 11) is 1.90. The minimum Gasteiger partial charge on any atom is -0.351 e. The number of carbonyl (C=O) groups is 1. The predicted molar refractivity (Wildman–Crippen MR) is 86.0 cm³/mol. The zero-order valence-electron chi connectivity index (χ0n) is 11.6. The van der Waals surface area contributed by atoms with E-state index in [0.29, 0.717) is 18.2 Å². The highest BCUT2D eigenvalue weighted by Crippen LogP contribution is 2.14. The molecule has 1 aromatic heterocycles. The summed E-state index contributed by atoms with van der Waals surface area (Å²) in [6.45, 7) is 5.91. The third-order valence-corrected chi connectivity index (χ3v) is 3.13. The second-order valence-electron chi connectivity index (χ2n) is 4.44. The molecule has 1 aromatic rings. The molecule has 0 aliphatic rings. The van der Waals surface area contributed by atoms with E-state index in [1.165, 1.54) is 0 Å². The molecule has 1 rings (SSSR count). The summed E-state index contributed by atoms with van der Waals surface area (Å²) >= 11 is 1.57. The van der Waals surface area contributed by atoms with Crippen molar-refractivity contribution >= 4 is 42.1 Å². The van der Waals surface area contributed by atoms with Crippen molar-refractivity contribution in [3.05, 3.63) is 16.1 Å². The van der Waals surface area contributed by atoms with Crippen LogP contribution in [0.2, 0.25) is 0 Å². The number of hydrogen-bond donors (Lipinski definition) is 2. The summed E-state index contributed by atoms with van der Waals surface area (Å²) in [5, 5.41) is 8.79. The van der Waals surface area contributed by atoms with Gasteiger partial charge in [-0.05, 0) is 25.9 Å². The first-order valence-corrected chi connectivity index (χ1v) is 6.88. The lowest BCUT2D eigenvalue weighted by Crippen LogP contribution is -2.26. The summed E-state index contributed by atoms with van der Waals surface area (Å²) in [6, 6.07) is 0. The number of aromatic nitrogens is 1. The smallest absolute Gasteiger partial charge is 0.270 e. The Morgan fingerprint density at radius 3 is 2.63 bits per heavy atom. The van der Waals surface area contributed by atoms with Crippen LogP contribution in [0.25, 0.3) is 0 Å². The molecule has 0 atom stereocenters. The predicted octanol–water partition coefficient (Wildman–Crippen LogP) is 2.52. The maximum absolute atomic E-state index is 11.7. The van der Waals surface area contributed by atoms with Crippen LogP contribution in [0.1, 0.15) is 35.8 Å². The molecule has 0 aromatic carbocycles. The Morgan fingerprint density at radius 1 is 1.37 bits per heavy atom. The molecule has 0 aliphatic heterocycles. The fourth-order valence-corrected chi connectivity index (χ4v) is 2.40. The second-order valence-corrected chi connectivity index (χ2v) is 5.38. The Morgan fingerprint density at radius 2 is 2.05 bits per heavy atom. The van der Waals surface area contributed by atoms with E-state index < -0.39 is 0 Å². The number of nitrogens with one attached hydrogen (secondary N) is 2. The summed E-state index contributed by atoms with van der Waals surface area (Å²) in [5.74, 6) is 0.514. The van der Waals surface area contributed by atoms with Gasteiger partial charge in [-0.15, -0.1) is 36.2 Å². The first-order valence-electron chi connectivity index (χ1n) is 6.00. The van der Waals surface area contributed by atoms with Gasteiger partial charge in [0.05, 0.1) is 5.01 Å². The van der Waals surface area contributed by atoms with Crippen molar-refractivity contribution in [1.29, 1.82) is 0 Å². The van der Waals surface area contributed by atoms with Crippen LogP contribution < -0.4 is 10.6 Å². The van der Waals surface area contributed by atoms with Gasteiger partial charge in [-0.1, -0.05) is 13.8 Å². The minimum absolute atomic E-state index is 0. The zero-order valence-corrected chi connectivity index (χ0v) is 14.0. The third kappa shape index (κ3) is 8.42. The van der Waals surface area contributed by atoms with Gasteiger partial charge in [0.2, 0.25) is 0 Å². The minimum atomic E-state index is -0.0626. The lowest BCUT2D eigenvalue weighted by atomic mass is 10.1. The highest BCUT2D eigenvalue weighted by molar-refractivity contribution is 7.09. The van der Waals surface area contributed by atoms with E-state index in [9.17, 15) is 4.79 Å². The Labute approximate surface area is 131 Å². The molecule has 7 heteroatoms. The van der Waals surface area contributed by atoms with Crippen LogP contribution in [-0.4, -0.2) is 31.0 Å². The number of amides is 1.